The molecule has 0 radical (unpaired) electrons. The van der Waals surface area contributed by atoms with Crippen LogP contribution >= 0.6 is 35.0 Å². The highest BCUT2D eigenvalue weighted by molar-refractivity contribution is 7.99. The Morgan fingerprint density at radius 1 is 1.21 bits per heavy atom. The standard InChI is InChI=1S/C19H19Cl2N5OS/c1-12-4-6-14(9-15(12)21)26-11-22-24-19(26)28-10-18(27)23-16-8-13(20)5-7-17(16)25(2)3/h4-9,11H,10H2,1-3H3,(H,23,27). The minimum Gasteiger partial charge on any atom is -0.376 e. The first kappa shape index (κ1) is 20.5. The largest absolute Gasteiger partial charge is 0.376 e. The molecule has 0 saturated heterocycles. The Hall–Kier alpha value is -2.22. The van der Waals surface area contributed by atoms with Crippen molar-refractivity contribution in [1.82, 2.24) is 14.8 Å². The van der Waals surface area contributed by atoms with E-state index in [1.165, 1.54) is 11.8 Å². The summed E-state index contributed by atoms with van der Waals surface area (Å²) in [7, 11) is 3.81. The van der Waals surface area contributed by atoms with E-state index < -0.39 is 0 Å². The van der Waals surface area contributed by atoms with Crippen molar-refractivity contribution in [3.63, 3.8) is 0 Å². The molecule has 0 fully saturated rings. The lowest BCUT2D eigenvalue weighted by molar-refractivity contribution is -0.113. The van der Waals surface area contributed by atoms with Gasteiger partial charge in [0.05, 0.1) is 22.8 Å². The molecule has 0 spiro atoms. The third-order valence-electron chi connectivity index (χ3n) is 4.00. The number of hydrogen-bond donors (Lipinski definition) is 1. The zero-order valence-electron chi connectivity index (χ0n) is 15.6. The minimum atomic E-state index is -0.160. The van der Waals surface area contributed by atoms with Crippen molar-refractivity contribution in [3.05, 3.63) is 58.3 Å². The number of nitrogens with zero attached hydrogens (tertiary/aromatic N) is 4. The van der Waals surface area contributed by atoms with Gasteiger partial charge in [0.25, 0.3) is 0 Å². The molecule has 0 aliphatic heterocycles. The van der Waals surface area contributed by atoms with Gasteiger partial charge in [0.1, 0.15) is 6.33 Å². The van der Waals surface area contributed by atoms with Gasteiger partial charge >= 0.3 is 0 Å². The van der Waals surface area contributed by atoms with Gasteiger partial charge in [-0.3, -0.25) is 9.36 Å². The molecular formula is C19H19Cl2N5OS. The highest BCUT2D eigenvalue weighted by atomic mass is 35.5. The van der Waals surface area contributed by atoms with Crippen molar-refractivity contribution < 1.29 is 4.79 Å². The average molecular weight is 436 g/mol. The zero-order chi connectivity index (χ0) is 20.3. The molecule has 1 N–H and O–H groups in total. The molecule has 1 heterocycles. The number of nitrogens with one attached hydrogen (secondary N) is 1. The molecule has 0 unspecified atom stereocenters. The van der Waals surface area contributed by atoms with Crippen molar-refractivity contribution in [3.8, 4) is 5.69 Å². The smallest absolute Gasteiger partial charge is 0.234 e. The first-order valence-electron chi connectivity index (χ1n) is 8.41. The first-order chi connectivity index (χ1) is 13.3. The third-order valence-corrected chi connectivity index (χ3v) is 5.58. The predicted molar refractivity (Wildman–Crippen MR) is 116 cm³/mol. The Bertz CT molecular complexity index is 1010. The quantitative estimate of drug-likeness (QED) is 0.569. The number of aromatic nitrogens is 3. The normalized spacial score (nSPS) is 10.8. The second-order valence-corrected chi connectivity index (χ2v) is 8.10. The van der Waals surface area contributed by atoms with Crippen molar-refractivity contribution >= 4 is 52.2 Å². The van der Waals surface area contributed by atoms with E-state index in [0.29, 0.717) is 20.9 Å². The van der Waals surface area contributed by atoms with Gasteiger partial charge in [-0.05, 0) is 42.8 Å². The van der Waals surface area contributed by atoms with Crippen LogP contribution in [0.4, 0.5) is 11.4 Å². The van der Waals surface area contributed by atoms with E-state index in [1.54, 1.807) is 23.0 Å². The van der Waals surface area contributed by atoms with Gasteiger partial charge in [0, 0.05) is 24.1 Å². The van der Waals surface area contributed by atoms with Crippen molar-refractivity contribution in [1.29, 1.82) is 0 Å². The van der Waals surface area contributed by atoms with E-state index in [4.69, 9.17) is 23.2 Å². The Morgan fingerprint density at radius 3 is 2.71 bits per heavy atom. The fourth-order valence-corrected chi connectivity index (χ4v) is 3.62. The number of amides is 1. The summed E-state index contributed by atoms with van der Waals surface area (Å²) >= 11 is 13.6. The molecule has 3 aromatic rings. The Morgan fingerprint density at radius 2 is 2.00 bits per heavy atom. The Balaban J connectivity index is 1.70. The Labute approximate surface area is 177 Å². The number of hydrogen-bond acceptors (Lipinski definition) is 5. The fourth-order valence-electron chi connectivity index (χ4n) is 2.55. The van der Waals surface area contributed by atoms with E-state index >= 15 is 0 Å². The molecule has 0 saturated carbocycles. The molecule has 0 bridgehead atoms. The highest BCUT2D eigenvalue weighted by Gasteiger charge is 2.13. The predicted octanol–water partition coefficient (Wildman–Crippen LogP) is 4.68. The number of carbonyl (C=O) groups excluding carboxylic acids is 1. The lowest BCUT2D eigenvalue weighted by atomic mass is 10.2. The SMILES string of the molecule is Cc1ccc(-n2cnnc2SCC(=O)Nc2cc(Cl)ccc2N(C)C)cc1Cl. The van der Waals surface area contributed by atoms with Crippen LogP contribution in [-0.2, 0) is 4.79 Å². The summed E-state index contributed by atoms with van der Waals surface area (Å²) in [6.45, 7) is 1.94. The summed E-state index contributed by atoms with van der Waals surface area (Å²) in [5.41, 5.74) is 3.37. The van der Waals surface area contributed by atoms with Gasteiger partial charge in [-0.2, -0.15) is 0 Å². The summed E-state index contributed by atoms with van der Waals surface area (Å²) in [6.07, 6.45) is 1.60. The Kier molecular flexibility index (Phi) is 6.49. The van der Waals surface area contributed by atoms with Crippen LogP contribution in [-0.4, -0.2) is 40.5 Å². The second-order valence-electron chi connectivity index (χ2n) is 6.31. The number of carbonyl (C=O) groups is 1. The van der Waals surface area contributed by atoms with Crippen molar-refractivity contribution in [2.75, 3.05) is 30.1 Å². The molecule has 6 nitrogen and oxygen atoms in total. The topological polar surface area (TPSA) is 63.1 Å². The third kappa shape index (κ3) is 4.79. The van der Waals surface area contributed by atoms with E-state index in [9.17, 15) is 4.79 Å². The zero-order valence-corrected chi connectivity index (χ0v) is 17.9. The van der Waals surface area contributed by atoms with Crippen LogP contribution in [0.3, 0.4) is 0 Å². The van der Waals surface area contributed by atoms with Gasteiger partial charge in [-0.1, -0.05) is 41.0 Å². The minimum absolute atomic E-state index is 0.160. The van der Waals surface area contributed by atoms with Crippen LogP contribution in [0.5, 0.6) is 0 Å². The van der Waals surface area contributed by atoms with E-state index in [1.807, 2.05) is 50.2 Å². The molecule has 146 valence electrons. The maximum absolute atomic E-state index is 12.5. The highest BCUT2D eigenvalue weighted by Crippen LogP contribution is 2.28. The van der Waals surface area contributed by atoms with Gasteiger partial charge < -0.3 is 10.2 Å². The van der Waals surface area contributed by atoms with Crippen LogP contribution in [0.15, 0.2) is 47.9 Å². The van der Waals surface area contributed by atoms with Gasteiger partial charge in [0.2, 0.25) is 5.91 Å². The molecule has 9 heteroatoms. The van der Waals surface area contributed by atoms with Gasteiger partial charge in [-0.25, -0.2) is 0 Å². The van der Waals surface area contributed by atoms with Gasteiger partial charge in [0.15, 0.2) is 5.16 Å². The number of benzene rings is 2. The summed E-state index contributed by atoms with van der Waals surface area (Å²) in [4.78, 5) is 14.4. The van der Waals surface area contributed by atoms with Crippen LogP contribution in [0, 0.1) is 6.92 Å². The van der Waals surface area contributed by atoms with E-state index in [-0.39, 0.29) is 11.7 Å². The van der Waals surface area contributed by atoms with Crippen LogP contribution in [0.25, 0.3) is 5.69 Å². The monoisotopic (exact) mass is 435 g/mol. The number of rotatable bonds is 6. The summed E-state index contributed by atoms with van der Waals surface area (Å²) in [6, 6.07) is 11.1. The van der Waals surface area contributed by atoms with Crippen molar-refractivity contribution in [2.24, 2.45) is 0 Å². The first-order valence-corrected chi connectivity index (χ1v) is 10.2. The molecular weight excluding hydrogens is 417 g/mol. The average Bonchev–Trinajstić information content (AvgIpc) is 3.10. The summed E-state index contributed by atoms with van der Waals surface area (Å²) in [5, 5.41) is 12.8. The molecule has 1 aromatic heterocycles. The lowest BCUT2D eigenvalue weighted by Gasteiger charge is -2.18. The number of halogens is 2. The number of aryl methyl sites for hydroxylation is 1. The molecule has 0 aliphatic carbocycles. The van der Waals surface area contributed by atoms with E-state index in [0.717, 1.165) is 16.9 Å². The fraction of sp³-hybridized carbons (Fsp3) is 0.211. The molecule has 0 aliphatic rings. The molecule has 0 atom stereocenters. The van der Waals surface area contributed by atoms with Crippen LogP contribution < -0.4 is 10.2 Å². The molecule has 2 aromatic carbocycles. The lowest BCUT2D eigenvalue weighted by Crippen LogP contribution is -2.18. The molecule has 28 heavy (non-hydrogen) atoms. The summed E-state index contributed by atoms with van der Waals surface area (Å²) in [5.74, 6) is 0.0179. The van der Waals surface area contributed by atoms with Crippen molar-refractivity contribution in [2.45, 2.75) is 12.1 Å². The van der Waals surface area contributed by atoms with Crippen LogP contribution in [0.1, 0.15) is 5.56 Å². The number of thioether (sulfide) groups is 1. The number of anilines is 2. The second kappa shape index (κ2) is 8.86. The van der Waals surface area contributed by atoms with Crippen LogP contribution in [0.2, 0.25) is 10.0 Å². The van der Waals surface area contributed by atoms with Gasteiger partial charge in [-0.15, -0.1) is 10.2 Å². The summed E-state index contributed by atoms with van der Waals surface area (Å²) < 4.78 is 1.80. The molecule has 1 amide bonds. The van der Waals surface area contributed by atoms with E-state index in [2.05, 4.69) is 15.5 Å². The maximum Gasteiger partial charge on any atom is 0.234 e. The maximum atomic E-state index is 12.5. The molecule has 3 rings (SSSR count).